The highest BCUT2D eigenvalue weighted by molar-refractivity contribution is 7.18. The van der Waals surface area contributed by atoms with Gasteiger partial charge in [0.2, 0.25) is 0 Å². The first-order chi connectivity index (χ1) is 6.68. The summed E-state index contributed by atoms with van der Waals surface area (Å²) >= 11 is 1.06. The second-order valence-corrected chi connectivity index (χ2v) is 3.72. The highest BCUT2D eigenvalue weighted by Gasteiger charge is 2.12. The predicted octanol–water partition coefficient (Wildman–Crippen LogP) is 2.67. The third-order valence-electron chi connectivity index (χ3n) is 1.73. The van der Waals surface area contributed by atoms with Crippen molar-refractivity contribution in [3.05, 3.63) is 36.0 Å². The van der Waals surface area contributed by atoms with E-state index >= 15 is 0 Å². The van der Waals surface area contributed by atoms with Crippen molar-refractivity contribution >= 4 is 16.5 Å². The number of aromatic nitrogens is 1. The van der Waals surface area contributed by atoms with Crippen LogP contribution in [0.4, 0.5) is 13.9 Å². The van der Waals surface area contributed by atoms with Crippen LogP contribution < -0.4 is 5.73 Å². The normalized spacial score (nSPS) is 10.4. The molecule has 0 aliphatic carbocycles. The molecule has 0 bridgehead atoms. The zero-order valence-corrected chi connectivity index (χ0v) is 7.81. The van der Waals surface area contributed by atoms with Gasteiger partial charge in [-0.05, 0) is 12.1 Å². The van der Waals surface area contributed by atoms with Crippen molar-refractivity contribution in [1.29, 1.82) is 0 Å². The van der Waals surface area contributed by atoms with Gasteiger partial charge >= 0.3 is 0 Å². The summed E-state index contributed by atoms with van der Waals surface area (Å²) in [7, 11) is 0. The average molecular weight is 212 g/mol. The standard InChI is InChI=1S/C9H6F2N2S/c10-5-2-1-3-6(11)8(5)7-4-13-9(12)14-7/h1-4H,(H2,12,13). The van der Waals surface area contributed by atoms with Gasteiger partial charge in [-0.2, -0.15) is 0 Å². The summed E-state index contributed by atoms with van der Waals surface area (Å²) in [6, 6.07) is 3.72. The molecule has 2 N–H and O–H groups in total. The number of nitrogens with zero attached hydrogens (tertiary/aromatic N) is 1. The third-order valence-corrected chi connectivity index (χ3v) is 2.58. The molecule has 5 heteroatoms. The highest BCUT2D eigenvalue weighted by Crippen LogP contribution is 2.31. The van der Waals surface area contributed by atoms with E-state index in [4.69, 9.17) is 5.73 Å². The fourth-order valence-corrected chi connectivity index (χ4v) is 1.87. The van der Waals surface area contributed by atoms with Gasteiger partial charge < -0.3 is 5.73 Å². The maximum absolute atomic E-state index is 13.2. The van der Waals surface area contributed by atoms with Crippen LogP contribution in [0.2, 0.25) is 0 Å². The van der Waals surface area contributed by atoms with E-state index in [2.05, 4.69) is 4.98 Å². The number of nitrogen functional groups attached to an aromatic ring is 1. The number of rotatable bonds is 1. The van der Waals surface area contributed by atoms with Crippen LogP contribution in [0.3, 0.4) is 0 Å². The van der Waals surface area contributed by atoms with Crippen molar-refractivity contribution in [3.63, 3.8) is 0 Å². The summed E-state index contributed by atoms with van der Waals surface area (Å²) in [5, 5.41) is 0.294. The summed E-state index contributed by atoms with van der Waals surface area (Å²) in [4.78, 5) is 4.14. The van der Waals surface area contributed by atoms with E-state index in [9.17, 15) is 8.78 Å². The highest BCUT2D eigenvalue weighted by atomic mass is 32.1. The van der Waals surface area contributed by atoms with Crippen LogP contribution in [0.25, 0.3) is 10.4 Å². The van der Waals surface area contributed by atoms with Crippen LogP contribution in [0.1, 0.15) is 0 Å². The Morgan fingerprint density at radius 2 is 1.86 bits per heavy atom. The van der Waals surface area contributed by atoms with Crippen LogP contribution in [0, 0.1) is 11.6 Å². The van der Waals surface area contributed by atoms with Gasteiger partial charge in [0.05, 0.1) is 10.4 Å². The Morgan fingerprint density at radius 1 is 1.21 bits per heavy atom. The lowest BCUT2D eigenvalue weighted by molar-refractivity contribution is 0.590. The summed E-state index contributed by atoms with van der Waals surface area (Å²) in [6.45, 7) is 0. The first-order valence-corrected chi connectivity index (χ1v) is 4.66. The van der Waals surface area contributed by atoms with Crippen LogP contribution in [0.5, 0.6) is 0 Å². The number of halogens is 2. The monoisotopic (exact) mass is 212 g/mol. The molecule has 2 aromatic rings. The largest absolute Gasteiger partial charge is 0.375 e. The lowest BCUT2D eigenvalue weighted by Gasteiger charge is -1.99. The molecule has 72 valence electrons. The van der Waals surface area contributed by atoms with Crippen molar-refractivity contribution in [1.82, 2.24) is 4.98 Å². The fraction of sp³-hybridized carbons (Fsp3) is 0. The van der Waals surface area contributed by atoms with Crippen LogP contribution in [0.15, 0.2) is 24.4 Å². The lowest BCUT2D eigenvalue weighted by Crippen LogP contribution is -1.86. The van der Waals surface area contributed by atoms with Crippen molar-refractivity contribution in [2.75, 3.05) is 5.73 Å². The van der Waals surface area contributed by atoms with Gasteiger partial charge in [0.1, 0.15) is 11.6 Å². The fourth-order valence-electron chi connectivity index (χ4n) is 1.14. The van der Waals surface area contributed by atoms with E-state index in [-0.39, 0.29) is 5.56 Å². The summed E-state index contributed by atoms with van der Waals surface area (Å²) < 4.78 is 26.5. The van der Waals surface area contributed by atoms with Gasteiger partial charge in [-0.3, -0.25) is 0 Å². The topological polar surface area (TPSA) is 38.9 Å². The number of thiazole rings is 1. The molecule has 2 nitrogen and oxygen atoms in total. The Kier molecular flexibility index (Phi) is 2.17. The van der Waals surface area contributed by atoms with Gasteiger partial charge in [-0.15, -0.1) is 0 Å². The minimum Gasteiger partial charge on any atom is -0.375 e. The molecule has 1 aromatic heterocycles. The van der Waals surface area contributed by atoms with E-state index in [0.717, 1.165) is 11.3 Å². The molecule has 0 fully saturated rings. The first kappa shape index (κ1) is 9.08. The molecule has 1 heterocycles. The smallest absolute Gasteiger partial charge is 0.180 e. The zero-order valence-electron chi connectivity index (χ0n) is 7.00. The number of anilines is 1. The molecule has 0 saturated carbocycles. The van der Waals surface area contributed by atoms with Crippen molar-refractivity contribution in [2.45, 2.75) is 0 Å². The molecule has 14 heavy (non-hydrogen) atoms. The van der Waals surface area contributed by atoms with Crippen LogP contribution in [-0.2, 0) is 0 Å². The maximum atomic E-state index is 13.2. The number of benzene rings is 1. The molecular formula is C9H6F2N2S. The summed E-state index contributed by atoms with van der Waals surface area (Å²) in [6.07, 6.45) is 1.36. The van der Waals surface area contributed by atoms with E-state index in [0.29, 0.717) is 10.0 Å². The molecule has 0 radical (unpaired) electrons. The number of hydrogen-bond donors (Lipinski definition) is 1. The van der Waals surface area contributed by atoms with Crippen molar-refractivity contribution in [2.24, 2.45) is 0 Å². The minimum absolute atomic E-state index is 0.0679. The van der Waals surface area contributed by atoms with E-state index in [1.165, 1.54) is 24.4 Å². The van der Waals surface area contributed by atoms with E-state index < -0.39 is 11.6 Å². The SMILES string of the molecule is Nc1ncc(-c2c(F)cccc2F)s1. The second kappa shape index (κ2) is 3.34. The minimum atomic E-state index is -0.603. The predicted molar refractivity (Wildman–Crippen MR) is 51.9 cm³/mol. The van der Waals surface area contributed by atoms with Crippen LogP contribution >= 0.6 is 11.3 Å². The molecule has 0 spiro atoms. The van der Waals surface area contributed by atoms with Gasteiger partial charge in [-0.25, -0.2) is 13.8 Å². The maximum Gasteiger partial charge on any atom is 0.180 e. The number of nitrogens with two attached hydrogens (primary N) is 1. The molecule has 0 aliphatic heterocycles. The summed E-state index contributed by atoms with van der Waals surface area (Å²) in [5.74, 6) is -1.21. The Morgan fingerprint density at radius 3 is 2.36 bits per heavy atom. The molecule has 2 rings (SSSR count). The third kappa shape index (κ3) is 1.46. The van der Waals surface area contributed by atoms with Crippen molar-refractivity contribution in [3.8, 4) is 10.4 Å². The van der Waals surface area contributed by atoms with Gasteiger partial charge in [0.25, 0.3) is 0 Å². The summed E-state index contributed by atoms with van der Waals surface area (Å²) in [5.41, 5.74) is 5.31. The van der Waals surface area contributed by atoms with E-state index in [1.54, 1.807) is 0 Å². The Balaban J connectivity index is 2.61. The molecule has 0 unspecified atom stereocenters. The second-order valence-electron chi connectivity index (χ2n) is 2.66. The molecular weight excluding hydrogens is 206 g/mol. The molecule has 0 saturated heterocycles. The van der Waals surface area contributed by atoms with Crippen LogP contribution in [-0.4, -0.2) is 4.98 Å². The molecule has 0 atom stereocenters. The Hall–Kier alpha value is -1.49. The quantitative estimate of drug-likeness (QED) is 0.789. The van der Waals surface area contributed by atoms with Gasteiger partial charge in [-0.1, -0.05) is 17.4 Å². The van der Waals surface area contributed by atoms with Gasteiger partial charge in [0, 0.05) is 6.20 Å². The molecule has 1 aromatic carbocycles. The zero-order chi connectivity index (χ0) is 10.1. The van der Waals surface area contributed by atoms with Crippen molar-refractivity contribution < 1.29 is 8.78 Å². The molecule has 0 aliphatic rings. The average Bonchev–Trinajstić information content (AvgIpc) is 2.51. The van der Waals surface area contributed by atoms with Gasteiger partial charge in [0.15, 0.2) is 5.13 Å². The van der Waals surface area contributed by atoms with E-state index in [1.807, 2.05) is 0 Å². The lowest BCUT2D eigenvalue weighted by atomic mass is 10.2. The Bertz CT molecular complexity index is 447. The molecule has 0 amide bonds. The Labute approximate surface area is 83.0 Å². The first-order valence-electron chi connectivity index (χ1n) is 3.84. The number of hydrogen-bond acceptors (Lipinski definition) is 3.